The van der Waals surface area contributed by atoms with E-state index in [9.17, 15) is 11.8 Å². The Morgan fingerprint density at radius 2 is 0.682 bits per heavy atom. The third-order valence-electron chi connectivity index (χ3n) is 13.5. The monoisotopic (exact) mass is 850 g/mol. The van der Waals surface area contributed by atoms with Crippen molar-refractivity contribution in [3.8, 4) is 28.8 Å². The van der Waals surface area contributed by atoms with Gasteiger partial charge >= 0.3 is 0 Å². The Balaban J connectivity index is 1.36. The summed E-state index contributed by atoms with van der Waals surface area (Å²) in [7, 11) is 0. The second-order valence-electron chi connectivity index (χ2n) is 17.3. The van der Waals surface area contributed by atoms with Gasteiger partial charge in [0.25, 0.3) is 0 Å². The summed E-state index contributed by atoms with van der Waals surface area (Å²) in [6.07, 6.45) is 0. The van der Waals surface area contributed by atoms with E-state index in [1.54, 1.807) is 24.3 Å². The standard InChI is InChI=1S/C60H40N6/c1-35-22-26-52-43(30-35)39-14-6-10-18-48(39)63(52)57-47(34-61)58(64-49-19-11-7-15-40(49)44-31-36(2)23-27-53(44)64)60(66-51-21-13-9-17-42(51)46-33-38(4)25-29-55(46)66)56(62-5)59(57)65-50-20-12-8-16-41(50)45-32-37(3)24-28-54(45)65/h6-33H,1-4H3/i1D3,2D3. The van der Waals surface area contributed by atoms with E-state index < -0.39 is 13.7 Å². The molecule has 4 heterocycles. The Kier molecular flexibility index (Phi) is 6.69. The number of benzene rings is 9. The fourth-order valence-electron chi connectivity index (χ4n) is 10.8. The summed E-state index contributed by atoms with van der Waals surface area (Å²) in [6.45, 7) is 9.04. The summed E-state index contributed by atoms with van der Waals surface area (Å²) >= 11 is 0. The molecule has 0 aliphatic carbocycles. The molecular formula is C60H40N6. The molecule has 9 aromatic carbocycles. The second kappa shape index (κ2) is 13.8. The van der Waals surface area contributed by atoms with Crippen molar-refractivity contribution < 1.29 is 8.22 Å². The molecule has 0 aliphatic rings. The molecule has 0 spiro atoms. The van der Waals surface area contributed by atoms with Gasteiger partial charge in [-0.15, -0.1) is 0 Å². The topological polar surface area (TPSA) is 47.9 Å². The van der Waals surface area contributed by atoms with Crippen molar-refractivity contribution in [2.45, 2.75) is 27.6 Å². The van der Waals surface area contributed by atoms with E-state index in [4.69, 9.17) is 13.1 Å². The predicted octanol–water partition coefficient (Wildman–Crippen LogP) is 15.7. The zero-order valence-corrected chi connectivity index (χ0v) is 35.8. The first kappa shape index (κ1) is 31.9. The Morgan fingerprint density at radius 1 is 0.394 bits per heavy atom. The van der Waals surface area contributed by atoms with E-state index in [0.29, 0.717) is 55.6 Å². The first-order valence-corrected chi connectivity index (χ1v) is 21.9. The fourth-order valence-corrected chi connectivity index (χ4v) is 10.8. The van der Waals surface area contributed by atoms with Crippen LogP contribution in [-0.2, 0) is 0 Å². The molecule has 0 saturated carbocycles. The van der Waals surface area contributed by atoms with Gasteiger partial charge in [0.05, 0.1) is 73.5 Å². The normalized spacial score (nSPS) is 13.6. The van der Waals surface area contributed by atoms with Crippen molar-refractivity contribution >= 4 is 92.9 Å². The number of fused-ring (bicyclic) bond motifs is 12. The van der Waals surface area contributed by atoms with Crippen molar-refractivity contribution in [1.82, 2.24) is 18.3 Å². The van der Waals surface area contributed by atoms with Crippen LogP contribution in [0.25, 0.3) is 115 Å². The van der Waals surface area contributed by atoms with E-state index in [1.807, 2.05) is 94.1 Å². The molecule has 6 nitrogen and oxygen atoms in total. The SMILES string of the molecule is [2H]C([2H])([2H])c1ccc2c(c1)c1ccccc1n2-c1c(C#N)c(-n2c3ccccc3c3cc(C([2H])([2H])[2H])ccc32)c(-n2c3ccccc3c3cc(C)ccc32)c([N+]#[C-])c1-n1c2ccccc2c2cc(C)ccc21. The van der Waals surface area contributed by atoms with Crippen LogP contribution in [0.4, 0.5) is 5.69 Å². The van der Waals surface area contributed by atoms with Gasteiger partial charge in [0.1, 0.15) is 11.6 Å². The molecule has 0 N–H and O–H groups in total. The molecular weight excluding hydrogens is 805 g/mol. The second-order valence-corrected chi connectivity index (χ2v) is 17.3. The lowest BCUT2D eigenvalue weighted by Gasteiger charge is -2.27. The summed E-state index contributed by atoms with van der Waals surface area (Å²) in [5, 5.41) is 19.3. The maximum atomic E-state index is 12.5. The Morgan fingerprint density at radius 3 is 1.00 bits per heavy atom. The lowest BCUT2D eigenvalue weighted by molar-refractivity contribution is 1.04. The average Bonchev–Trinajstić information content (AvgIpc) is 4.09. The highest BCUT2D eigenvalue weighted by molar-refractivity contribution is 6.17. The van der Waals surface area contributed by atoms with Gasteiger partial charge in [0.15, 0.2) is 0 Å². The minimum absolute atomic E-state index is 0.178. The van der Waals surface area contributed by atoms with Gasteiger partial charge in [-0.1, -0.05) is 119 Å². The van der Waals surface area contributed by atoms with Crippen LogP contribution in [0.5, 0.6) is 0 Å². The Labute approximate surface area is 388 Å². The average molecular weight is 851 g/mol. The van der Waals surface area contributed by atoms with Crippen LogP contribution in [-0.4, -0.2) is 18.3 Å². The largest absolute Gasteiger partial charge is 0.317 e. The number of nitriles is 1. The maximum absolute atomic E-state index is 12.5. The molecule has 0 atom stereocenters. The molecule has 0 saturated heterocycles. The summed E-state index contributed by atoms with van der Waals surface area (Å²) in [4.78, 5) is 4.70. The number of hydrogen-bond donors (Lipinski definition) is 0. The van der Waals surface area contributed by atoms with Crippen molar-refractivity contribution in [1.29, 1.82) is 5.26 Å². The summed E-state index contributed by atoms with van der Waals surface area (Å²) in [5.41, 5.74) is 10.7. The van der Waals surface area contributed by atoms with Crippen LogP contribution in [0.15, 0.2) is 170 Å². The quantitative estimate of drug-likeness (QED) is 0.163. The molecule has 66 heavy (non-hydrogen) atoms. The number of para-hydroxylation sites is 4. The smallest absolute Gasteiger partial charge is 0.238 e. The van der Waals surface area contributed by atoms with Crippen LogP contribution in [0.2, 0.25) is 0 Å². The van der Waals surface area contributed by atoms with Crippen LogP contribution >= 0.6 is 0 Å². The van der Waals surface area contributed by atoms with Gasteiger partial charge in [0.2, 0.25) is 5.69 Å². The van der Waals surface area contributed by atoms with E-state index in [2.05, 4.69) is 89.7 Å². The maximum Gasteiger partial charge on any atom is 0.238 e. The fraction of sp³-hybridized carbons (Fsp3) is 0.0667. The highest BCUT2D eigenvalue weighted by Crippen LogP contribution is 2.52. The number of aromatic nitrogens is 4. The van der Waals surface area contributed by atoms with Crippen molar-refractivity contribution in [3.63, 3.8) is 0 Å². The first-order valence-electron chi connectivity index (χ1n) is 24.9. The molecule has 0 amide bonds. The summed E-state index contributed by atoms with van der Waals surface area (Å²) < 4.78 is 59.1. The van der Waals surface area contributed by atoms with E-state index in [0.717, 1.165) is 65.5 Å². The number of nitrogens with zero attached hydrogens (tertiary/aromatic N) is 6. The van der Waals surface area contributed by atoms with E-state index in [-0.39, 0.29) is 22.4 Å². The molecule has 0 radical (unpaired) electrons. The zero-order chi connectivity index (χ0) is 49.5. The van der Waals surface area contributed by atoms with Gasteiger partial charge < -0.3 is 18.3 Å². The third kappa shape index (κ3) is 5.04. The molecule has 0 bridgehead atoms. The van der Waals surface area contributed by atoms with E-state index >= 15 is 0 Å². The third-order valence-corrected chi connectivity index (χ3v) is 13.5. The van der Waals surface area contributed by atoms with Crippen molar-refractivity contribution in [3.05, 3.63) is 209 Å². The molecule has 13 rings (SSSR count). The lowest BCUT2D eigenvalue weighted by atomic mass is 10.0. The molecule has 0 unspecified atom stereocenters. The summed E-state index contributed by atoms with van der Waals surface area (Å²) in [6, 6.07) is 57.5. The molecule has 13 aromatic rings. The van der Waals surface area contributed by atoms with Crippen LogP contribution in [0, 0.1) is 45.5 Å². The van der Waals surface area contributed by atoms with Gasteiger partial charge in [0, 0.05) is 51.3 Å². The van der Waals surface area contributed by atoms with Crippen molar-refractivity contribution in [2.24, 2.45) is 0 Å². The highest BCUT2D eigenvalue weighted by Gasteiger charge is 2.34. The molecule has 4 aromatic heterocycles. The Bertz CT molecular complexity index is 4320. The minimum Gasteiger partial charge on any atom is -0.317 e. The minimum atomic E-state index is -2.40. The highest BCUT2D eigenvalue weighted by atomic mass is 15.1. The predicted molar refractivity (Wildman–Crippen MR) is 274 cm³/mol. The first-order chi connectivity index (χ1) is 34.8. The van der Waals surface area contributed by atoms with Crippen LogP contribution in [0.3, 0.4) is 0 Å². The lowest BCUT2D eigenvalue weighted by Crippen LogP contribution is -2.14. The summed E-state index contributed by atoms with van der Waals surface area (Å²) in [5.74, 6) is 0. The van der Waals surface area contributed by atoms with Crippen LogP contribution < -0.4 is 0 Å². The molecule has 6 heteroatoms. The number of hydrogen-bond acceptors (Lipinski definition) is 1. The van der Waals surface area contributed by atoms with Crippen molar-refractivity contribution in [2.75, 3.05) is 0 Å². The van der Waals surface area contributed by atoms with Gasteiger partial charge in [-0.25, -0.2) is 4.85 Å². The Hall–Kier alpha value is -8.84. The van der Waals surface area contributed by atoms with E-state index in [1.165, 1.54) is 0 Å². The van der Waals surface area contributed by atoms with Gasteiger partial charge in [-0.3, -0.25) is 0 Å². The van der Waals surface area contributed by atoms with Gasteiger partial charge in [-0.2, -0.15) is 5.26 Å². The molecule has 310 valence electrons. The molecule has 0 aliphatic heterocycles. The van der Waals surface area contributed by atoms with Crippen LogP contribution in [0.1, 0.15) is 36.0 Å². The zero-order valence-electron chi connectivity index (χ0n) is 41.8. The molecule has 0 fully saturated rings. The van der Waals surface area contributed by atoms with Gasteiger partial charge in [-0.05, 0) is 100 Å². The number of aryl methyl sites for hydroxylation is 4. The number of rotatable bonds is 4.